The lowest BCUT2D eigenvalue weighted by Gasteiger charge is -2.36. The van der Waals surface area contributed by atoms with Crippen LogP contribution >= 0.6 is 0 Å². The van der Waals surface area contributed by atoms with Gasteiger partial charge in [-0.25, -0.2) is 0 Å². The zero-order valence-electron chi connectivity index (χ0n) is 15.5. The summed E-state index contributed by atoms with van der Waals surface area (Å²) in [6.07, 6.45) is 4.93. The van der Waals surface area contributed by atoms with Crippen LogP contribution in [0, 0.1) is 5.92 Å². The molecule has 1 aromatic carbocycles. The summed E-state index contributed by atoms with van der Waals surface area (Å²) in [4.78, 5) is 17.0. The number of hydrogen-bond acceptors (Lipinski definition) is 4. The molecule has 1 heterocycles. The van der Waals surface area contributed by atoms with Gasteiger partial charge in [0.2, 0.25) is 5.91 Å². The molecule has 1 saturated heterocycles. The van der Waals surface area contributed by atoms with Crippen LogP contribution in [0.25, 0.3) is 0 Å². The standard InChI is InChI=1S/C20H31N3O2/c1-16-5-3-4-6-19(16)21-20(24)15-22-11-13-23(14-12-22)17-7-9-18(25-2)10-8-17/h7-10,16,19H,3-6,11-15H2,1-2H3,(H,21,24)/t16-,19+/m0/s1. The molecule has 0 unspecified atom stereocenters. The van der Waals surface area contributed by atoms with E-state index in [1.165, 1.54) is 24.9 Å². The molecule has 0 aromatic heterocycles. The van der Waals surface area contributed by atoms with Gasteiger partial charge in [-0.3, -0.25) is 9.69 Å². The second-order valence-corrected chi connectivity index (χ2v) is 7.40. The monoisotopic (exact) mass is 345 g/mol. The number of carbonyl (C=O) groups is 1. The summed E-state index contributed by atoms with van der Waals surface area (Å²) in [6, 6.07) is 8.58. The second-order valence-electron chi connectivity index (χ2n) is 7.40. The Morgan fingerprint density at radius 2 is 1.80 bits per heavy atom. The minimum atomic E-state index is 0.191. The summed E-state index contributed by atoms with van der Waals surface area (Å²) in [5, 5.41) is 3.26. The van der Waals surface area contributed by atoms with E-state index in [9.17, 15) is 4.79 Å². The number of nitrogens with one attached hydrogen (secondary N) is 1. The third kappa shape index (κ3) is 4.88. The Bertz CT molecular complexity index is 553. The average molecular weight is 345 g/mol. The van der Waals surface area contributed by atoms with Crippen molar-refractivity contribution in [3.8, 4) is 5.75 Å². The van der Waals surface area contributed by atoms with E-state index >= 15 is 0 Å². The molecule has 3 rings (SSSR count). The molecule has 1 N–H and O–H groups in total. The van der Waals surface area contributed by atoms with Crippen molar-refractivity contribution < 1.29 is 9.53 Å². The number of piperazine rings is 1. The van der Waals surface area contributed by atoms with Gasteiger partial charge in [-0.05, 0) is 43.0 Å². The molecule has 0 spiro atoms. The van der Waals surface area contributed by atoms with E-state index in [0.29, 0.717) is 18.5 Å². The number of hydrogen-bond donors (Lipinski definition) is 1. The van der Waals surface area contributed by atoms with Crippen molar-refractivity contribution in [3.63, 3.8) is 0 Å². The summed E-state index contributed by atoms with van der Waals surface area (Å²) in [6.45, 7) is 6.57. The third-order valence-electron chi connectivity index (χ3n) is 5.63. The molecular weight excluding hydrogens is 314 g/mol. The van der Waals surface area contributed by atoms with E-state index < -0.39 is 0 Å². The van der Waals surface area contributed by atoms with Gasteiger partial charge in [0, 0.05) is 37.9 Å². The van der Waals surface area contributed by atoms with E-state index in [1.807, 2.05) is 12.1 Å². The lowest BCUT2D eigenvalue weighted by Crippen LogP contribution is -2.51. The molecule has 1 amide bonds. The first kappa shape index (κ1) is 18.1. The fourth-order valence-corrected chi connectivity index (χ4v) is 3.94. The highest BCUT2D eigenvalue weighted by Crippen LogP contribution is 2.24. The first-order chi connectivity index (χ1) is 12.2. The molecule has 2 aliphatic rings. The predicted octanol–water partition coefficient (Wildman–Crippen LogP) is 2.51. The summed E-state index contributed by atoms with van der Waals surface area (Å²) in [5.74, 6) is 1.69. The average Bonchev–Trinajstić information content (AvgIpc) is 2.64. The quantitative estimate of drug-likeness (QED) is 0.891. The summed E-state index contributed by atoms with van der Waals surface area (Å²) in [7, 11) is 1.69. The van der Waals surface area contributed by atoms with Gasteiger partial charge in [0.05, 0.1) is 13.7 Å². The van der Waals surface area contributed by atoms with Crippen molar-refractivity contribution in [2.75, 3.05) is 44.7 Å². The van der Waals surface area contributed by atoms with Crippen LogP contribution in [0.1, 0.15) is 32.6 Å². The number of rotatable bonds is 5. The molecule has 1 aliphatic heterocycles. The lowest BCUT2D eigenvalue weighted by atomic mass is 9.86. The van der Waals surface area contributed by atoms with Crippen LogP contribution < -0.4 is 15.0 Å². The zero-order chi connectivity index (χ0) is 17.6. The van der Waals surface area contributed by atoms with Crippen LogP contribution in [0.15, 0.2) is 24.3 Å². The van der Waals surface area contributed by atoms with Gasteiger partial charge >= 0.3 is 0 Å². The molecule has 1 saturated carbocycles. The molecule has 138 valence electrons. The van der Waals surface area contributed by atoms with Gasteiger partial charge in [-0.2, -0.15) is 0 Å². The molecule has 0 radical (unpaired) electrons. The molecule has 2 atom stereocenters. The van der Waals surface area contributed by atoms with E-state index in [-0.39, 0.29) is 5.91 Å². The highest BCUT2D eigenvalue weighted by Gasteiger charge is 2.24. The minimum Gasteiger partial charge on any atom is -0.497 e. The summed E-state index contributed by atoms with van der Waals surface area (Å²) in [5.41, 5.74) is 1.22. The molecule has 0 bridgehead atoms. The zero-order valence-corrected chi connectivity index (χ0v) is 15.5. The second kappa shape index (κ2) is 8.56. The van der Waals surface area contributed by atoms with Crippen molar-refractivity contribution in [2.45, 2.75) is 38.6 Å². The minimum absolute atomic E-state index is 0.191. The maximum absolute atomic E-state index is 12.4. The van der Waals surface area contributed by atoms with Crippen molar-refractivity contribution in [1.82, 2.24) is 10.2 Å². The normalized spacial score (nSPS) is 24.8. The number of methoxy groups -OCH3 is 1. The SMILES string of the molecule is COc1ccc(N2CCN(CC(=O)N[C@@H]3CCCC[C@@H]3C)CC2)cc1. The van der Waals surface area contributed by atoms with E-state index in [1.54, 1.807) is 7.11 Å². The number of anilines is 1. The van der Waals surface area contributed by atoms with Gasteiger partial charge < -0.3 is 15.0 Å². The molecule has 1 aliphatic carbocycles. The fourth-order valence-electron chi connectivity index (χ4n) is 3.94. The van der Waals surface area contributed by atoms with Gasteiger partial charge in [0.25, 0.3) is 0 Å². The Balaban J connectivity index is 1.43. The molecule has 1 aromatic rings. The van der Waals surface area contributed by atoms with Crippen LogP contribution in [0.4, 0.5) is 5.69 Å². The smallest absolute Gasteiger partial charge is 0.234 e. The first-order valence-electron chi connectivity index (χ1n) is 9.56. The maximum Gasteiger partial charge on any atom is 0.234 e. The Morgan fingerprint density at radius 1 is 1.12 bits per heavy atom. The summed E-state index contributed by atoms with van der Waals surface area (Å²) < 4.78 is 5.22. The topological polar surface area (TPSA) is 44.8 Å². The number of ether oxygens (including phenoxy) is 1. The Kier molecular flexibility index (Phi) is 6.19. The highest BCUT2D eigenvalue weighted by atomic mass is 16.5. The van der Waals surface area contributed by atoms with Gasteiger partial charge in [-0.1, -0.05) is 19.8 Å². The third-order valence-corrected chi connectivity index (χ3v) is 5.63. The predicted molar refractivity (Wildman–Crippen MR) is 101 cm³/mol. The maximum atomic E-state index is 12.4. The van der Waals surface area contributed by atoms with E-state index in [4.69, 9.17) is 4.74 Å². The largest absolute Gasteiger partial charge is 0.497 e. The van der Waals surface area contributed by atoms with Gasteiger partial charge in [0.15, 0.2) is 0 Å². The van der Waals surface area contributed by atoms with Crippen LogP contribution in [-0.4, -0.2) is 56.7 Å². The molecule has 25 heavy (non-hydrogen) atoms. The lowest BCUT2D eigenvalue weighted by molar-refractivity contribution is -0.123. The molecule has 5 heteroatoms. The molecule has 5 nitrogen and oxygen atoms in total. The van der Waals surface area contributed by atoms with Crippen molar-refractivity contribution >= 4 is 11.6 Å². The van der Waals surface area contributed by atoms with Crippen LogP contribution in [-0.2, 0) is 4.79 Å². The van der Waals surface area contributed by atoms with Crippen LogP contribution in [0.2, 0.25) is 0 Å². The van der Waals surface area contributed by atoms with Crippen LogP contribution in [0.3, 0.4) is 0 Å². The number of benzene rings is 1. The van der Waals surface area contributed by atoms with E-state index in [0.717, 1.165) is 38.3 Å². The van der Waals surface area contributed by atoms with Crippen LogP contribution in [0.5, 0.6) is 5.75 Å². The van der Waals surface area contributed by atoms with Crippen molar-refractivity contribution in [3.05, 3.63) is 24.3 Å². The Morgan fingerprint density at radius 3 is 2.44 bits per heavy atom. The number of amides is 1. The summed E-state index contributed by atoms with van der Waals surface area (Å²) >= 11 is 0. The highest BCUT2D eigenvalue weighted by molar-refractivity contribution is 5.78. The van der Waals surface area contributed by atoms with Crippen molar-refractivity contribution in [2.24, 2.45) is 5.92 Å². The van der Waals surface area contributed by atoms with Gasteiger partial charge in [-0.15, -0.1) is 0 Å². The van der Waals surface area contributed by atoms with Gasteiger partial charge in [0.1, 0.15) is 5.75 Å². The van der Waals surface area contributed by atoms with E-state index in [2.05, 4.69) is 34.2 Å². The number of nitrogens with zero attached hydrogens (tertiary/aromatic N) is 2. The van der Waals surface area contributed by atoms with Crippen molar-refractivity contribution in [1.29, 1.82) is 0 Å². The Labute approximate surface area is 151 Å². The first-order valence-corrected chi connectivity index (χ1v) is 9.56. The Hall–Kier alpha value is -1.75. The molecule has 2 fully saturated rings. The molecular formula is C20H31N3O2. The fraction of sp³-hybridized carbons (Fsp3) is 0.650. The number of carbonyl (C=O) groups excluding carboxylic acids is 1.